The van der Waals surface area contributed by atoms with Crippen molar-refractivity contribution in [1.82, 2.24) is 10.2 Å². The number of anilines is 1. The number of carbonyl (C=O) groups is 3. The quantitative estimate of drug-likeness (QED) is 0.811. The number of benzene rings is 1. The van der Waals surface area contributed by atoms with Gasteiger partial charge in [-0.3, -0.25) is 14.4 Å². The van der Waals surface area contributed by atoms with Crippen LogP contribution >= 0.6 is 11.3 Å². The Morgan fingerprint density at radius 2 is 2.03 bits per heavy atom. The topological polar surface area (TPSA) is 78.5 Å². The van der Waals surface area contributed by atoms with Crippen molar-refractivity contribution < 1.29 is 14.4 Å². The number of hydrogen-bond donors (Lipinski definition) is 2. The van der Waals surface area contributed by atoms with Gasteiger partial charge in [0.15, 0.2) is 0 Å². The van der Waals surface area contributed by atoms with Crippen LogP contribution < -0.4 is 10.6 Å². The SMILES string of the molecule is CC(C)(C)CC(=O)N[C@H]1C[C@H]2C(=O)Nc3ccc(-c4ccsc4)cc3C(=O)N2C1. The van der Waals surface area contributed by atoms with Gasteiger partial charge in [-0.1, -0.05) is 26.8 Å². The largest absolute Gasteiger partial charge is 0.351 e. The predicted octanol–water partition coefficient (Wildman–Crippen LogP) is 3.50. The first-order valence-electron chi connectivity index (χ1n) is 9.79. The summed E-state index contributed by atoms with van der Waals surface area (Å²) in [6.45, 7) is 6.36. The minimum atomic E-state index is -0.570. The zero-order valence-electron chi connectivity index (χ0n) is 16.8. The third-order valence-electron chi connectivity index (χ3n) is 5.28. The standard InChI is InChI=1S/C22H25N3O3S/c1-22(2,3)10-19(26)23-15-9-18-20(27)24-17-5-4-13(14-6-7-29-12-14)8-16(17)21(28)25(18)11-15/h4-8,12,15,18H,9-11H2,1-3H3,(H,23,26)(H,24,27)/t15-,18-/m0/s1. The smallest absolute Gasteiger partial charge is 0.256 e. The second-order valence-corrected chi connectivity index (χ2v) is 9.75. The van der Waals surface area contributed by atoms with Crippen LogP contribution in [-0.2, 0) is 9.59 Å². The van der Waals surface area contributed by atoms with Gasteiger partial charge in [-0.15, -0.1) is 0 Å². The molecular weight excluding hydrogens is 386 g/mol. The van der Waals surface area contributed by atoms with Gasteiger partial charge in [0.25, 0.3) is 5.91 Å². The van der Waals surface area contributed by atoms with E-state index in [9.17, 15) is 14.4 Å². The van der Waals surface area contributed by atoms with Crippen LogP contribution in [0, 0.1) is 5.41 Å². The van der Waals surface area contributed by atoms with Gasteiger partial charge in [0.2, 0.25) is 11.8 Å². The lowest BCUT2D eigenvalue weighted by molar-refractivity contribution is -0.123. The summed E-state index contributed by atoms with van der Waals surface area (Å²) >= 11 is 1.60. The van der Waals surface area contributed by atoms with Crippen LogP contribution in [0.15, 0.2) is 35.0 Å². The molecule has 1 aromatic heterocycles. The molecule has 0 unspecified atom stereocenters. The van der Waals surface area contributed by atoms with Crippen LogP contribution in [0.3, 0.4) is 0 Å². The fourth-order valence-electron chi connectivity index (χ4n) is 3.98. The molecule has 0 saturated carbocycles. The molecule has 1 fully saturated rings. The average Bonchev–Trinajstić information content (AvgIpc) is 3.28. The zero-order chi connectivity index (χ0) is 20.8. The Morgan fingerprint density at radius 1 is 1.24 bits per heavy atom. The molecule has 7 heteroatoms. The summed E-state index contributed by atoms with van der Waals surface area (Å²) in [4.78, 5) is 39.9. The highest BCUT2D eigenvalue weighted by molar-refractivity contribution is 7.08. The van der Waals surface area contributed by atoms with E-state index in [1.807, 2.05) is 49.7 Å². The molecule has 3 amide bonds. The summed E-state index contributed by atoms with van der Waals surface area (Å²) in [6.07, 6.45) is 0.833. The third-order valence-corrected chi connectivity index (χ3v) is 5.97. The Labute approximate surface area is 174 Å². The molecule has 1 saturated heterocycles. The first-order chi connectivity index (χ1) is 13.7. The van der Waals surface area contributed by atoms with Gasteiger partial charge in [0.1, 0.15) is 6.04 Å². The number of rotatable bonds is 3. The molecule has 29 heavy (non-hydrogen) atoms. The molecular formula is C22H25N3O3S. The van der Waals surface area contributed by atoms with Crippen molar-refractivity contribution in [3.8, 4) is 11.1 Å². The van der Waals surface area contributed by atoms with Crippen molar-refractivity contribution in [2.75, 3.05) is 11.9 Å². The molecule has 2 N–H and O–H groups in total. The van der Waals surface area contributed by atoms with Gasteiger partial charge in [-0.2, -0.15) is 11.3 Å². The first-order valence-corrected chi connectivity index (χ1v) is 10.7. The van der Waals surface area contributed by atoms with Gasteiger partial charge < -0.3 is 15.5 Å². The van der Waals surface area contributed by atoms with Crippen molar-refractivity contribution in [2.45, 2.75) is 45.7 Å². The van der Waals surface area contributed by atoms with E-state index in [1.165, 1.54) is 0 Å². The summed E-state index contributed by atoms with van der Waals surface area (Å²) in [6, 6.07) is 6.77. The highest BCUT2D eigenvalue weighted by atomic mass is 32.1. The molecule has 2 aliphatic rings. The molecule has 2 atom stereocenters. The maximum atomic E-state index is 13.3. The molecule has 1 aromatic carbocycles. The van der Waals surface area contributed by atoms with E-state index in [0.717, 1.165) is 11.1 Å². The van der Waals surface area contributed by atoms with Gasteiger partial charge in [-0.25, -0.2) is 0 Å². The average molecular weight is 412 g/mol. The Balaban J connectivity index is 1.56. The Bertz CT molecular complexity index is 962. The minimum absolute atomic E-state index is 0.0480. The van der Waals surface area contributed by atoms with Crippen LogP contribution in [-0.4, -0.2) is 41.2 Å². The number of thiophene rings is 1. The summed E-state index contributed by atoms with van der Waals surface area (Å²) in [7, 11) is 0. The minimum Gasteiger partial charge on any atom is -0.351 e. The lowest BCUT2D eigenvalue weighted by Gasteiger charge is -2.21. The number of hydrogen-bond acceptors (Lipinski definition) is 4. The third kappa shape index (κ3) is 4.05. The van der Waals surface area contributed by atoms with Gasteiger partial charge in [-0.05, 0) is 51.9 Å². The lowest BCUT2D eigenvalue weighted by Crippen LogP contribution is -2.41. The van der Waals surface area contributed by atoms with Crippen LogP contribution in [0.25, 0.3) is 11.1 Å². The normalized spacial score (nSPS) is 21.3. The molecule has 6 nitrogen and oxygen atoms in total. The molecule has 0 bridgehead atoms. The van der Waals surface area contributed by atoms with Crippen LogP contribution in [0.5, 0.6) is 0 Å². The Morgan fingerprint density at radius 3 is 2.72 bits per heavy atom. The van der Waals surface area contributed by atoms with Crippen molar-refractivity contribution in [3.05, 3.63) is 40.6 Å². The van der Waals surface area contributed by atoms with E-state index in [-0.39, 0.29) is 29.2 Å². The fourth-order valence-corrected chi connectivity index (χ4v) is 4.65. The van der Waals surface area contributed by atoms with Gasteiger partial charge >= 0.3 is 0 Å². The Hall–Kier alpha value is -2.67. The monoisotopic (exact) mass is 411 g/mol. The van der Waals surface area contributed by atoms with Crippen LogP contribution in [0.4, 0.5) is 5.69 Å². The predicted molar refractivity (Wildman–Crippen MR) is 114 cm³/mol. The molecule has 3 heterocycles. The maximum Gasteiger partial charge on any atom is 0.256 e. The maximum absolute atomic E-state index is 13.3. The summed E-state index contributed by atoms with van der Waals surface area (Å²) < 4.78 is 0. The molecule has 0 radical (unpaired) electrons. The zero-order valence-corrected chi connectivity index (χ0v) is 17.6. The number of amides is 3. The van der Waals surface area contributed by atoms with E-state index in [1.54, 1.807) is 22.3 Å². The van der Waals surface area contributed by atoms with E-state index < -0.39 is 6.04 Å². The first kappa shape index (κ1) is 19.6. The number of nitrogens with one attached hydrogen (secondary N) is 2. The van der Waals surface area contributed by atoms with Crippen molar-refractivity contribution in [1.29, 1.82) is 0 Å². The molecule has 4 rings (SSSR count). The Kier molecular flexibility index (Phi) is 4.94. The van der Waals surface area contributed by atoms with E-state index in [0.29, 0.717) is 30.6 Å². The highest BCUT2D eigenvalue weighted by Gasteiger charge is 2.43. The molecule has 2 aromatic rings. The van der Waals surface area contributed by atoms with E-state index >= 15 is 0 Å². The summed E-state index contributed by atoms with van der Waals surface area (Å²) in [5.74, 6) is -0.422. The van der Waals surface area contributed by atoms with E-state index in [4.69, 9.17) is 0 Å². The van der Waals surface area contributed by atoms with Crippen molar-refractivity contribution >= 4 is 34.7 Å². The van der Waals surface area contributed by atoms with Crippen molar-refractivity contribution in [2.24, 2.45) is 5.41 Å². The summed E-state index contributed by atoms with van der Waals surface area (Å²) in [5.41, 5.74) is 2.91. The molecule has 2 aliphatic heterocycles. The second-order valence-electron chi connectivity index (χ2n) is 8.97. The van der Waals surface area contributed by atoms with Crippen LogP contribution in [0.1, 0.15) is 44.0 Å². The fraction of sp³-hybridized carbons (Fsp3) is 0.409. The number of fused-ring (bicyclic) bond motifs is 2. The molecule has 0 aliphatic carbocycles. The summed E-state index contributed by atoms with van der Waals surface area (Å²) in [5, 5.41) is 9.92. The number of nitrogens with zero attached hydrogens (tertiary/aromatic N) is 1. The second kappa shape index (κ2) is 7.30. The van der Waals surface area contributed by atoms with Gasteiger partial charge in [0.05, 0.1) is 11.3 Å². The highest BCUT2D eigenvalue weighted by Crippen LogP contribution is 2.33. The molecule has 0 spiro atoms. The van der Waals surface area contributed by atoms with Crippen molar-refractivity contribution in [3.63, 3.8) is 0 Å². The number of carbonyl (C=O) groups excluding carboxylic acids is 3. The van der Waals surface area contributed by atoms with E-state index in [2.05, 4.69) is 10.6 Å². The van der Waals surface area contributed by atoms with Gasteiger partial charge in [0, 0.05) is 19.0 Å². The lowest BCUT2D eigenvalue weighted by atomic mass is 9.92. The van der Waals surface area contributed by atoms with Crippen LogP contribution in [0.2, 0.25) is 0 Å². The molecule has 152 valence electrons.